The van der Waals surface area contributed by atoms with E-state index in [2.05, 4.69) is 5.32 Å². The molecule has 2 aliphatic heterocycles. The van der Waals surface area contributed by atoms with Gasteiger partial charge in [-0.1, -0.05) is 0 Å². The van der Waals surface area contributed by atoms with Crippen LogP contribution in [0.25, 0.3) is 0 Å². The molecule has 0 atom stereocenters. The zero-order valence-corrected chi connectivity index (χ0v) is 9.37. The average molecular weight is 212 g/mol. The van der Waals surface area contributed by atoms with Crippen molar-refractivity contribution in [3.8, 4) is 0 Å². The number of nitrogens with one attached hydrogen (secondary N) is 1. The van der Waals surface area contributed by atoms with E-state index in [0.29, 0.717) is 11.8 Å². The molecule has 86 valence electrons. The summed E-state index contributed by atoms with van der Waals surface area (Å²) in [6.45, 7) is 4.52. The minimum Gasteiger partial charge on any atom is -0.381 e. The Bertz CT molecular complexity index is 223. The molecule has 1 amide bonds. The van der Waals surface area contributed by atoms with Crippen LogP contribution < -0.4 is 5.32 Å². The first-order valence-corrected chi connectivity index (χ1v) is 5.81. The first-order chi connectivity index (χ1) is 7.27. The number of carbonyl (C=O) groups is 1. The number of rotatable bonds is 3. The normalized spacial score (nSPS) is 23.5. The molecule has 0 bridgehead atoms. The second kappa shape index (κ2) is 4.94. The van der Waals surface area contributed by atoms with Crippen LogP contribution in [0.1, 0.15) is 12.8 Å². The summed E-state index contributed by atoms with van der Waals surface area (Å²) in [7, 11) is 1.93. The van der Waals surface area contributed by atoms with Gasteiger partial charge in [0.1, 0.15) is 0 Å². The number of amides is 1. The minimum atomic E-state index is 0.205. The predicted octanol–water partition coefficient (Wildman–Crippen LogP) is 0.0908. The van der Waals surface area contributed by atoms with Gasteiger partial charge in [-0.2, -0.15) is 0 Å². The first kappa shape index (κ1) is 10.9. The van der Waals surface area contributed by atoms with Gasteiger partial charge in [-0.15, -0.1) is 0 Å². The van der Waals surface area contributed by atoms with E-state index in [1.165, 1.54) is 0 Å². The van der Waals surface area contributed by atoms with Crippen molar-refractivity contribution in [1.29, 1.82) is 0 Å². The van der Waals surface area contributed by atoms with Gasteiger partial charge < -0.3 is 15.0 Å². The summed E-state index contributed by atoms with van der Waals surface area (Å²) in [5, 5.41) is 3.23. The molecule has 2 fully saturated rings. The van der Waals surface area contributed by atoms with E-state index in [1.54, 1.807) is 0 Å². The number of nitrogens with zero attached hydrogens (tertiary/aromatic N) is 1. The van der Waals surface area contributed by atoms with Gasteiger partial charge in [0.15, 0.2) is 0 Å². The van der Waals surface area contributed by atoms with Crippen LogP contribution in [0.3, 0.4) is 0 Å². The minimum absolute atomic E-state index is 0.205. The Labute approximate surface area is 91.0 Å². The summed E-state index contributed by atoms with van der Waals surface area (Å²) in [5.41, 5.74) is 0. The molecule has 1 N–H and O–H groups in total. The number of ether oxygens (including phenoxy) is 1. The highest BCUT2D eigenvalue weighted by Crippen LogP contribution is 2.18. The van der Waals surface area contributed by atoms with Crippen LogP contribution in [0.15, 0.2) is 0 Å². The zero-order valence-electron chi connectivity index (χ0n) is 9.37. The molecule has 0 saturated carbocycles. The molecule has 0 aromatic carbocycles. The molecule has 0 aromatic rings. The number of hydrogen-bond acceptors (Lipinski definition) is 3. The maximum atomic E-state index is 12.0. The van der Waals surface area contributed by atoms with Crippen molar-refractivity contribution in [3.05, 3.63) is 0 Å². The SMILES string of the molecule is CN(CC1CNC1)C(=O)C1CCOCC1. The van der Waals surface area contributed by atoms with Crippen LogP contribution in [-0.4, -0.2) is 50.7 Å². The van der Waals surface area contributed by atoms with E-state index in [1.807, 2.05) is 11.9 Å². The average Bonchev–Trinajstić information content (AvgIpc) is 2.23. The molecule has 0 aliphatic carbocycles. The molecule has 2 rings (SSSR count). The molecule has 0 spiro atoms. The van der Waals surface area contributed by atoms with Crippen LogP contribution >= 0.6 is 0 Å². The van der Waals surface area contributed by atoms with Gasteiger partial charge in [0, 0.05) is 51.7 Å². The van der Waals surface area contributed by atoms with Crippen molar-refractivity contribution in [3.63, 3.8) is 0 Å². The van der Waals surface area contributed by atoms with Crippen molar-refractivity contribution in [2.24, 2.45) is 11.8 Å². The van der Waals surface area contributed by atoms with Gasteiger partial charge in [-0.05, 0) is 12.8 Å². The lowest BCUT2D eigenvalue weighted by Crippen LogP contribution is -2.49. The number of carbonyl (C=O) groups excluding carboxylic acids is 1. The Morgan fingerprint density at radius 2 is 2.07 bits per heavy atom. The molecule has 4 nitrogen and oxygen atoms in total. The Morgan fingerprint density at radius 3 is 2.60 bits per heavy atom. The highest BCUT2D eigenvalue weighted by atomic mass is 16.5. The monoisotopic (exact) mass is 212 g/mol. The Kier molecular flexibility index (Phi) is 3.59. The van der Waals surface area contributed by atoms with Gasteiger partial charge >= 0.3 is 0 Å². The van der Waals surface area contributed by atoms with Crippen molar-refractivity contribution in [1.82, 2.24) is 10.2 Å². The third-order valence-electron chi connectivity index (χ3n) is 3.34. The molecule has 0 radical (unpaired) electrons. The van der Waals surface area contributed by atoms with Gasteiger partial charge in [-0.3, -0.25) is 4.79 Å². The third kappa shape index (κ3) is 2.69. The molecule has 2 aliphatic rings. The van der Waals surface area contributed by atoms with Gasteiger partial charge in [-0.25, -0.2) is 0 Å². The van der Waals surface area contributed by atoms with Crippen LogP contribution in [0.5, 0.6) is 0 Å². The van der Waals surface area contributed by atoms with E-state index in [4.69, 9.17) is 4.74 Å². The highest BCUT2D eigenvalue weighted by Gasteiger charge is 2.27. The molecule has 2 heterocycles. The summed E-state index contributed by atoms with van der Waals surface area (Å²) in [6.07, 6.45) is 1.79. The Balaban J connectivity index is 1.77. The van der Waals surface area contributed by atoms with Crippen LogP contribution in [0, 0.1) is 11.8 Å². The fourth-order valence-electron chi connectivity index (χ4n) is 2.21. The second-order valence-corrected chi connectivity index (χ2v) is 4.63. The lowest BCUT2D eigenvalue weighted by molar-refractivity contribution is -0.137. The molecule has 15 heavy (non-hydrogen) atoms. The molecule has 0 unspecified atom stereocenters. The summed E-state index contributed by atoms with van der Waals surface area (Å²) in [5.74, 6) is 1.18. The third-order valence-corrected chi connectivity index (χ3v) is 3.34. The molecule has 0 aromatic heterocycles. The number of hydrogen-bond donors (Lipinski definition) is 1. The lowest BCUT2D eigenvalue weighted by Gasteiger charge is -2.33. The van der Waals surface area contributed by atoms with E-state index < -0.39 is 0 Å². The second-order valence-electron chi connectivity index (χ2n) is 4.63. The van der Waals surface area contributed by atoms with Crippen molar-refractivity contribution < 1.29 is 9.53 Å². The van der Waals surface area contributed by atoms with Gasteiger partial charge in [0.25, 0.3) is 0 Å². The van der Waals surface area contributed by atoms with Crippen molar-refractivity contribution in [2.75, 3.05) is 39.9 Å². The lowest BCUT2D eigenvalue weighted by atomic mass is 9.97. The highest BCUT2D eigenvalue weighted by molar-refractivity contribution is 5.78. The predicted molar refractivity (Wildman–Crippen MR) is 57.5 cm³/mol. The maximum Gasteiger partial charge on any atom is 0.225 e. The smallest absolute Gasteiger partial charge is 0.225 e. The van der Waals surface area contributed by atoms with Crippen molar-refractivity contribution >= 4 is 5.91 Å². The topological polar surface area (TPSA) is 41.6 Å². The van der Waals surface area contributed by atoms with Crippen molar-refractivity contribution in [2.45, 2.75) is 12.8 Å². The van der Waals surface area contributed by atoms with Gasteiger partial charge in [0.05, 0.1) is 0 Å². The standard InChI is InChI=1S/C11H20N2O2/c1-13(8-9-6-12-7-9)11(14)10-2-4-15-5-3-10/h9-10,12H,2-8H2,1H3. The van der Waals surface area contributed by atoms with E-state index in [-0.39, 0.29) is 5.92 Å². The zero-order chi connectivity index (χ0) is 10.7. The Morgan fingerprint density at radius 1 is 1.40 bits per heavy atom. The summed E-state index contributed by atoms with van der Waals surface area (Å²) in [6, 6.07) is 0. The van der Waals surface area contributed by atoms with Crippen LogP contribution in [0.4, 0.5) is 0 Å². The van der Waals surface area contributed by atoms with Crippen LogP contribution in [-0.2, 0) is 9.53 Å². The maximum absolute atomic E-state index is 12.0. The van der Waals surface area contributed by atoms with E-state index in [9.17, 15) is 4.79 Å². The molecular weight excluding hydrogens is 192 g/mol. The van der Waals surface area contributed by atoms with E-state index in [0.717, 1.165) is 45.7 Å². The fraction of sp³-hybridized carbons (Fsp3) is 0.909. The van der Waals surface area contributed by atoms with E-state index >= 15 is 0 Å². The van der Waals surface area contributed by atoms with Gasteiger partial charge in [0.2, 0.25) is 5.91 Å². The van der Waals surface area contributed by atoms with Crippen LogP contribution in [0.2, 0.25) is 0 Å². The molecule has 4 heteroatoms. The largest absolute Gasteiger partial charge is 0.381 e. The molecular formula is C11H20N2O2. The quantitative estimate of drug-likeness (QED) is 0.721. The summed E-state index contributed by atoms with van der Waals surface area (Å²) < 4.78 is 5.26. The fourth-order valence-corrected chi connectivity index (χ4v) is 2.21. The Hall–Kier alpha value is -0.610. The molecule has 2 saturated heterocycles. The first-order valence-electron chi connectivity index (χ1n) is 5.81. The summed E-state index contributed by atoms with van der Waals surface area (Å²) in [4.78, 5) is 13.9. The summed E-state index contributed by atoms with van der Waals surface area (Å²) >= 11 is 0.